The lowest BCUT2D eigenvalue weighted by molar-refractivity contribution is -0.169. The van der Waals surface area contributed by atoms with Crippen LogP contribution in [-0.2, 0) is 14.4 Å². The van der Waals surface area contributed by atoms with Crippen LogP contribution in [0, 0.1) is 0 Å². The molecule has 0 saturated carbocycles. The highest BCUT2D eigenvalue weighted by Crippen LogP contribution is 2.46. The van der Waals surface area contributed by atoms with Gasteiger partial charge in [-0.2, -0.15) is 5.06 Å². The Hall–Kier alpha value is -1.28. The van der Waals surface area contributed by atoms with E-state index < -0.39 is 36.1 Å². The second-order valence-corrected chi connectivity index (χ2v) is 7.23. The number of hydrogen-bond acceptors (Lipinski definition) is 4. The van der Waals surface area contributed by atoms with Crippen LogP contribution in [0.4, 0.5) is 8.78 Å². The molecule has 142 valence electrons. The van der Waals surface area contributed by atoms with Crippen molar-refractivity contribution in [3.8, 4) is 0 Å². The number of Topliss-reactive ketones (excluding diaryl/α,β-unsaturated/α-hetero) is 1. The Balaban J connectivity index is 2.04. The van der Waals surface area contributed by atoms with Crippen LogP contribution in [0.2, 0.25) is 10.0 Å². The molecule has 1 amide bonds. The molecule has 0 radical (unpaired) electrons. The summed E-state index contributed by atoms with van der Waals surface area (Å²) in [6, 6.07) is 4.65. The zero-order chi connectivity index (χ0) is 19.1. The molecule has 2 aliphatic heterocycles. The predicted molar refractivity (Wildman–Crippen MR) is 92.5 cm³/mol. The van der Waals surface area contributed by atoms with Crippen LogP contribution >= 0.6 is 23.2 Å². The second kappa shape index (κ2) is 7.38. The Morgan fingerprint density at radius 3 is 2.31 bits per heavy atom. The first-order chi connectivity index (χ1) is 12.3. The fraction of sp³-hybridized carbons (Fsp3) is 0.529. The molecular weight excluding hydrogens is 389 g/mol. The van der Waals surface area contributed by atoms with Gasteiger partial charge in [0.05, 0.1) is 13.7 Å². The third kappa shape index (κ3) is 3.11. The minimum Gasteiger partial charge on any atom is -0.323 e. The van der Waals surface area contributed by atoms with Gasteiger partial charge in [0.15, 0.2) is 5.78 Å². The van der Waals surface area contributed by atoms with Gasteiger partial charge in [-0.05, 0) is 25.0 Å². The average molecular weight is 407 g/mol. The third-order valence-electron chi connectivity index (χ3n) is 5.17. The molecule has 2 heterocycles. The fourth-order valence-corrected chi connectivity index (χ4v) is 4.50. The van der Waals surface area contributed by atoms with Gasteiger partial charge in [-0.15, -0.1) is 0 Å². The van der Waals surface area contributed by atoms with E-state index in [9.17, 15) is 18.4 Å². The van der Waals surface area contributed by atoms with Crippen molar-refractivity contribution in [3.63, 3.8) is 0 Å². The number of ketones is 1. The molecular formula is C17H18Cl2F2N2O3. The maximum atomic E-state index is 13.3. The van der Waals surface area contributed by atoms with E-state index in [-0.39, 0.29) is 28.5 Å². The van der Waals surface area contributed by atoms with Crippen LogP contribution in [0.3, 0.4) is 0 Å². The molecule has 5 nitrogen and oxygen atoms in total. The first kappa shape index (κ1) is 19.5. The summed E-state index contributed by atoms with van der Waals surface area (Å²) < 4.78 is 26.3. The topological polar surface area (TPSA) is 49.9 Å². The molecule has 1 unspecified atom stereocenters. The van der Waals surface area contributed by atoms with Gasteiger partial charge < -0.3 is 9.74 Å². The number of hydrogen-bond donors (Lipinski definition) is 0. The number of halogens is 4. The molecule has 0 aliphatic carbocycles. The number of likely N-dealkylation sites (tertiary alicyclic amines) is 1. The highest BCUT2D eigenvalue weighted by Gasteiger charge is 2.60. The van der Waals surface area contributed by atoms with E-state index >= 15 is 0 Å². The van der Waals surface area contributed by atoms with Crippen LogP contribution in [0.5, 0.6) is 0 Å². The summed E-state index contributed by atoms with van der Waals surface area (Å²) in [6.45, 7) is -0.0768. The number of rotatable bonds is 4. The van der Waals surface area contributed by atoms with Crippen molar-refractivity contribution in [2.75, 3.05) is 26.7 Å². The summed E-state index contributed by atoms with van der Waals surface area (Å²) in [4.78, 5) is 32.5. The number of nitrogens with zero attached hydrogens (tertiary/aromatic N) is 2. The third-order valence-corrected chi connectivity index (χ3v) is 5.83. The Labute approximate surface area is 159 Å². The minimum absolute atomic E-state index is 0.174. The van der Waals surface area contributed by atoms with Gasteiger partial charge in [-0.25, -0.2) is 8.78 Å². The monoisotopic (exact) mass is 406 g/mol. The Morgan fingerprint density at radius 1 is 1.23 bits per heavy atom. The lowest BCUT2D eigenvalue weighted by Gasteiger charge is -2.42. The molecule has 1 aromatic rings. The van der Waals surface area contributed by atoms with Gasteiger partial charge in [-0.3, -0.25) is 9.59 Å². The number of carbonyl (C=O) groups is 2. The highest BCUT2D eigenvalue weighted by molar-refractivity contribution is 6.37. The number of benzene rings is 1. The van der Waals surface area contributed by atoms with Crippen LogP contribution in [-0.4, -0.2) is 60.4 Å². The van der Waals surface area contributed by atoms with E-state index in [2.05, 4.69) is 0 Å². The van der Waals surface area contributed by atoms with Gasteiger partial charge in [-0.1, -0.05) is 29.3 Å². The summed E-state index contributed by atoms with van der Waals surface area (Å²) in [6.07, 6.45) is -2.31. The van der Waals surface area contributed by atoms with Crippen LogP contribution in [0.15, 0.2) is 18.2 Å². The number of amides is 1. The van der Waals surface area contributed by atoms with Crippen molar-refractivity contribution in [2.45, 2.75) is 30.7 Å². The molecule has 9 heteroatoms. The Kier molecular flexibility index (Phi) is 5.53. The first-order valence-electron chi connectivity index (χ1n) is 8.18. The molecule has 1 spiro atoms. The maximum absolute atomic E-state index is 13.3. The van der Waals surface area contributed by atoms with Crippen molar-refractivity contribution in [3.05, 3.63) is 33.8 Å². The molecule has 2 fully saturated rings. The van der Waals surface area contributed by atoms with E-state index in [0.29, 0.717) is 13.1 Å². The summed E-state index contributed by atoms with van der Waals surface area (Å²) in [5.74, 6) is -2.35. The Bertz CT molecular complexity index is 704. The number of carbonyl (C=O) groups excluding carboxylic acids is 2. The highest BCUT2D eigenvalue weighted by atomic mass is 35.5. The molecule has 1 atom stereocenters. The van der Waals surface area contributed by atoms with Gasteiger partial charge >= 0.3 is 0 Å². The van der Waals surface area contributed by atoms with E-state index in [4.69, 9.17) is 28.0 Å². The molecule has 0 N–H and O–H groups in total. The SMILES string of the molecule is CON1CCC2(CC1)C(=O)C(c1c(Cl)cccc1Cl)C(=O)N2CC(F)F. The maximum Gasteiger partial charge on any atom is 0.255 e. The zero-order valence-corrected chi connectivity index (χ0v) is 15.6. The number of piperidine rings is 1. The van der Waals surface area contributed by atoms with Gasteiger partial charge in [0.25, 0.3) is 6.43 Å². The molecule has 0 aromatic heterocycles. The minimum atomic E-state index is -2.75. The van der Waals surface area contributed by atoms with Crippen molar-refractivity contribution >= 4 is 34.9 Å². The van der Waals surface area contributed by atoms with E-state index in [1.165, 1.54) is 19.2 Å². The first-order valence-corrected chi connectivity index (χ1v) is 8.94. The molecule has 26 heavy (non-hydrogen) atoms. The van der Waals surface area contributed by atoms with Crippen LogP contribution in [0.1, 0.15) is 24.3 Å². The average Bonchev–Trinajstić information content (AvgIpc) is 2.78. The van der Waals surface area contributed by atoms with Gasteiger partial charge in [0, 0.05) is 28.7 Å². The largest absolute Gasteiger partial charge is 0.323 e. The summed E-state index contributed by atoms with van der Waals surface area (Å²) in [5.41, 5.74) is -1.09. The standard InChI is InChI=1S/C17H18Cl2F2N2O3/c1-26-22-7-5-17(6-8-22)15(24)14(16(25)23(17)9-12(20)21)13-10(18)3-2-4-11(13)19/h2-4,12,14H,5-9H2,1H3. The molecule has 0 bridgehead atoms. The summed E-state index contributed by atoms with van der Waals surface area (Å²) in [5, 5.41) is 1.99. The number of alkyl halides is 2. The second-order valence-electron chi connectivity index (χ2n) is 6.42. The molecule has 2 aliphatic rings. The predicted octanol–water partition coefficient (Wildman–Crippen LogP) is 3.15. The summed E-state index contributed by atoms with van der Waals surface area (Å²) in [7, 11) is 1.50. The Morgan fingerprint density at radius 2 is 1.81 bits per heavy atom. The van der Waals surface area contributed by atoms with E-state index in [0.717, 1.165) is 4.90 Å². The number of hydroxylamine groups is 2. The van der Waals surface area contributed by atoms with Crippen LogP contribution in [0.25, 0.3) is 0 Å². The zero-order valence-electron chi connectivity index (χ0n) is 14.1. The quantitative estimate of drug-likeness (QED) is 0.720. The smallest absolute Gasteiger partial charge is 0.255 e. The summed E-state index contributed by atoms with van der Waals surface area (Å²) >= 11 is 12.4. The van der Waals surface area contributed by atoms with Crippen LogP contribution < -0.4 is 0 Å². The molecule has 1 aromatic carbocycles. The van der Waals surface area contributed by atoms with Crippen molar-refractivity contribution in [1.82, 2.24) is 9.96 Å². The van der Waals surface area contributed by atoms with Crippen molar-refractivity contribution < 1.29 is 23.2 Å². The van der Waals surface area contributed by atoms with Gasteiger partial charge in [0.2, 0.25) is 5.91 Å². The lowest BCUT2D eigenvalue weighted by atomic mass is 9.80. The van der Waals surface area contributed by atoms with Gasteiger partial charge in [0.1, 0.15) is 11.5 Å². The lowest BCUT2D eigenvalue weighted by Crippen LogP contribution is -2.57. The van der Waals surface area contributed by atoms with Crippen molar-refractivity contribution in [1.29, 1.82) is 0 Å². The van der Waals surface area contributed by atoms with E-state index in [1.54, 1.807) is 11.1 Å². The fourth-order valence-electron chi connectivity index (χ4n) is 3.88. The molecule has 2 saturated heterocycles. The van der Waals surface area contributed by atoms with Crippen molar-refractivity contribution in [2.24, 2.45) is 0 Å². The molecule has 3 rings (SSSR count). The van der Waals surface area contributed by atoms with E-state index in [1.807, 2.05) is 0 Å². The normalized spacial score (nSPS) is 23.5.